The molecular weight excluding hydrogens is 771 g/mol. The number of nitrogens with one attached hydrogen (secondary N) is 4. The molecule has 0 aliphatic carbocycles. The number of anilines is 1. The molecule has 5 amide bonds. The Kier molecular flexibility index (Phi) is 12.3. The van der Waals surface area contributed by atoms with Crippen molar-refractivity contribution in [3.63, 3.8) is 0 Å². The first-order valence-electron chi connectivity index (χ1n) is 20.2. The zero-order chi connectivity index (χ0) is 43.0. The number of aromatic nitrogens is 2. The molecule has 0 spiro atoms. The van der Waals surface area contributed by atoms with Crippen LogP contribution in [0.25, 0.3) is 32.9 Å². The van der Waals surface area contributed by atoms with Crippen molar-refractivity contribution in [1.29, 1.82) is 0 Å². The van der Waals surface area contributed by atoms with E-state index in [0.29, 0.717) is 31.0 Å². The molecule has 59 heavy (non-hydrogen) atoms. The van der Waals surface area contributed by atoms with Crippen molar-refractivity contribution in [1.82, 2.24) is 30.4 Å². The lowest BCUT2D eigenvalue weighted by atomic mass is 9.84. The summed E-state index contributed by atoms with van der Waals surface area (Å²) in [6.07, 6.45) is 0.615. The van der Waals surface area contributed by atoms with E-state index in [0.717, 1.165) is 45.8 Å². The number of thiol groups is 1. The van der Waals surface area contributed by atoms with Gasteiger partial charge in [0, 0.05) is 30.1 Å². The molecule has 0 bridgehead atoms. The van der Waals surface area contributed by atoms with E-state index in [1.807, 2.05) is 88.9 Å². The van der Waals surface area contributed by atoms with Gasteiger partial charge >= 0.3 is 12.2 Å². The number of carbonyl (C=O) groups excluding carboxylic acids is 5. The van der Waals surface area contributed by atoms with Crippen LogP contribution in [0.15, 0.2) is 54.6 Å². The van der Waals surface area contributed by atoms with Crippen LogP contribution in [0.3, 0.4) is 0 Å². The first kappa shape index (κ1) is 43.3. The van der Waals surface area contributed by atoms with Crippen molar-refractivity contribution in [2.45, 2.75) is 89.6 Å². The first-order chi connectivity index (χ1) is 27.8. The molecule has 15 heteroatoms. The maximum absolute atomic E-state index is 14.1. The van der Waals surface area contributed by atoms with Gasteiger partial charge in [0.15, 0.2) is 0 Å². The number of alkyl carbamates (subject to hydrolysis) is 2. The number of imidazole rings is 1. The van der Waals surface area contributed by atoms with Crippen molar-refractivity contribution in [2.24, 2.45) is 17.8 Å². The Labute approximate surface area is 350 Å². The maximum Gasteiger partial charge on any atom is 0.407 e. The van der Waals surface area contributed by atoms with Gasteiger partial charge in [0.05, 0.1) is 36.7 Å². The van der Waals surface area contributed by atoms with Gasteiger partial charge in [0.2, 0.25) is 17.7 Å². The minimum Gasteiger partial charge on any atom is -0.453 e. The van der Waals surface area contributed by atoms with Crippen molar-refractivity contribution in [3.05, 3.63) is 60.4 Å². The van der Waals surface area contributed by atoms with E-state index in [9.17, 15) is 24.0 Å². The standard InChI is InChI=1S/C44H57N7O7S/c1-25(2)35(48-40(55)57-8)37(53)50-20-17-32(43(6,59)24-50)36(52)45-31-15-13-28-21-27(11-12-29(28)22-31)30-14-16-33-34(23-30)47-38(46-33)42(5)18-10-19-51(42)39(54)44(7,26(3)4)49-41(56)58-9/h11-16,21-23,25-26,32,35,59H,10,17-20,24H2,1-9H3,(H,45,52)(H,46,47)(H,48,55)(H,49,56). The lowest BCUT2D eigenvalue weighted by Crippen LogP contribution is -2.63. The summed E-state index contributed by atoms with van der Waals surface area (Å²) in [5.41, 5.74) is 2.42. The predicted octanol–water partition coefficient (Wildman–Crippen LogP) is 6.85. The normalized spacial score (nSPS) is 22.3. The summed E-state index contributed by atoms with van der Waals surface area (Å²) in [5.74, 6) is -0.691. The fraction of sp³-hybridized carbons (Fsp3) is 0.500. The molecule has 2 fully saturated rings. The molecule has 5 atom stereocenters. The third-order valence-corrected chi connectivity index (χ3v) is 12.9. The fourth-order valence-electron chi connectivity index (χ4n) is 8.37. The number of aromatic amines is 1. The van der Waals surface area contributed by atoms with Crippen LogP contribution < -0.4 is 16.0 Å². The second-order valence-corrected chi connectivity index (χ2v) is 18.2. The molecule has 2 aliphatic heterocycles. The molecule has 5 unspecified atom stereocenters. The van der Waals surface area contributed by atoms with Gasteiger partial charge < -0.3 is 40.2 Å². The van der Waals surface area contributed by atoms with E-state index in [2.05, 4.69) is 33.1 Å². The van der Waals surface area contributed by atoms with Crippen molar-refractivity contribution < 1.29 is 33.4 Å². The maximum atomic E-state index is 14.1. The number of hydrogen-bond donors (Lipinski definition) is 5. The molecule has 6 rings (SSSR count). The smallest absolute Gasteiger partial charge is 0.407 e. The number of hydrogen-bond acceptors (Lipinski definition) is 9. The van der Waals surface area contributed by atoms with E-state index in [1.165, 1.54) is 14.2 Å². The van der Waals surface area contributed by atoms with E-state index < -0.39 is 40.0 Å². The van der Waals surface area contributed by atoms with Crippen LogP contribution in [0.2, 0.25) is 0 Å². The van der Waals surface area contributed by atoms with E-state index in [-0.39, 0.29) is 36.1 Å². The monoisotopic (exact) mass is 827 g/mol. The van der Waals surface area contributed by atoms with Crippen molar-refractivity contribution in [3.8, 4) is 11.1 Å². The third kappa shape index (κ3) is 8.57. The Bertz CT molecular complexity index is 2270. The van der Waals surface area contributed by atoms with Crippen LogP contribution in [-0.2, 0) is 29.4 Å². The summed E-state index contributed by atoms with van der Waals surface area (Å²) >= 11 is 4.87. The Morgan fingerprint density at radius 1 is 0.915 bits per heavy atom. The Morgan fingerprint density at radius 3 is 2.24 bits per heavy atom. The number of H-pyrrole nitrogens is 1. The van der Waals surface area contributed by atoms with Crippen LogP contribution in [-0.4, -0.2) is 99.9 Å². The SMILES string of the molecule is COC(=O)NC(C(=O)N1CCC(C(=O)Nc2ccc3cc(-c4ccc5nc(C6(C)CCCN6C(=O)C(C)(NC(=O)OC)C(C)C)[nH]c5c4)ccc3c2)C(C)(S)C1)C(C)C. The Hall–Kier alpha value is -5.31. The summed E-state index contributed by atoms with van der Waals surface area (Å²) in [5, 5.41) is 10.5. The molecule has 2 aliphatic rings. The number of ether oxygens (including phenoxy) is 2. The van der Waals surface area contributed by atoms with E-state index in [1.54, 1.807) is 11.8 Å². The molecule has 4 N–H and O–H groups in total. The first-order valence-corrected chi connectivity index (χ1v) is 20.6. The van der Waals surface area contributed by atoms with Crippen LogP contribution in [0.5, 0.6) is 0 Å². The van der Waals surface area contributed by atoms with Gasteiger partial charge in [0.25, 0.3) is 0 Å². The molecule has 4 aromatic rings. The molecule has 14 nitrogen and oxygen atoms in total. The van der Waals surface area contributed by atoms with Crippen LogP contribution >= 0.6 is 12.6 Å². The van der Waals surface area contributed by atoms with E-state index >= 15 is 0 Å². The number of piperidine rings is 1. The summed E-state index contributed by atoms with van der Waals surface area (Å²) in [6.45, 7) is 14.3. The third-order valence-electron chi connectivity index (χ3n) is 12.4. The lowest BCUT2D eigenvalue weighted by Gasteiger charge is -2.43. The topological polar surface area (TPSA) is 175 Å². The number of benzene rings is 3. The number of methoxy groups -OCH3 is 2. The quantitative estimate of drug-likeness (QED) is 0.108. The van der Waals surface area contributed by atoms with Crippen molar-refractivity contribution in [2.75, 3.05) is 39.2 Å². The molecule has 316 valence electrons. The summed E-state index contributed by atoms with van der Waals surface area (Å²) in [6, 6.07) is 17.3. The van der Waals surface area contributed by atoms with Gasteiger partial charge in [-0.1, -0.05) is 52.0 Å². The minimum absolute atomic E-state index is 0.157. The van der Waals surface area contributed by atoms with Crippen LogP contribution in [0.1, 0.15) is 73.6 Å². The van der Waals surface area contributed by atoms with Gasteiger partial charge in [0.1, 0.15) is 17.4 Å². The molecule has 0 radical (unpaired) electrons. The average Bonchev–Trinajstić information content (AvgIpc) is 3.82. The molecule has 3 heterocycles. The number of nitrogens with zero attached hydrogens (tertiary/aromatic N) is 3. The van der Waals surface area contributed by atoms with Gasteiger partial charge in [-0.05, 0) is 104 Å². The van der Waals surface area contributed by atoms with Gasteiger partial charge in [-0.25, -0.2) is 14.6 Å². The van der Waals surface area contributed by atoms with E-state index in [4.69, 9.17) is 27.1 Å². The van der Waals surface area contributed by atoms with Crippen molar-refractivity contribution >= 4 is 70.0 Å². The Morgan fingerprint density at radius 2 is 1.58 bits per heavy atom. The Balaban J connectivity index is 1.15. The molecular formula is C44H57N7O7S. The predicted molar refractivity (Wildman–Crippen MR) is 231 cm³/mol. The average molecular weight is 828 g/mol. The highest BCUT2D eigenvalue weighted by atomic mass is 32.1. The zero-order valence-electron chi connectivity index (χ0n) is 35.4. The second kappa shape index (κ2) is 16.7. The van der Waals surface area contributed by atoms with Gasteiger partial charge in [-0.2, -0.15) is 12.6 Å². The molecule has 3 aromatic carbocycles. The molecule has 0 saturated carbocycles. The van der Waals surface area contributed by atoms with Crippen LogP contribution in [0, 0.1) is 17.8 Å². The number of carbonyl (C=O) groups is 5. The zero-order valence-corrected chi connectivity index (χ0v) is 36.3. The molecule has 2 saturated heterocycles. The fourth-order valence-corrected chi connectivity index (χ4v) is 8.79. The summed E-state index contributed by atoms with van der Waals surface area (Å²) in [4.78, 5) is 77.4. The lowest BCUT2D eigenvalue weighted by molar-refractivity contribution is -0.144. The highest BCUT2D eigenvalue weighted by Gasteiger charge is 2.51. The van der Waals surface area contributed by atoms with Gasteiger partial charge in [-0.15, -0.1) is 0 Å². The number of fused-ring (bicyclic) bond motifs is 2. The minimum atomic E-state index is -1.17. The molecule has 1 aromatic heterocycles. The van der Waals surface area contributed by atoms with Gasteiger partial charge in [-0.3, -0.25) is 14.4 Å². The summed E-state index contributed by atoms with van der Waals surface area (Å²) < 4.78 is 8.76. The number of likely N-dealkylation sites (tertiary alicyclic amines) is 2. The highest BCUT2D eigenvalue weighted by molar-refractivity contribution is 7.81. The second-order valence-electron chi connectivity index (χ2n) is 17.2. The van der Waals surface area contributed by atoms with Crippen LogP contribution in [0.4, 0.5) is 15.3 Å². The highest BCUT2D eigenvalue weighted by Crippen LogP contribution is 2.41. The largest absolute Gasteiger partial charge is 0.453 e. The number of rotatable bonds is 10. The number of amides is 5. The summed E-state index contributed by atoms with van der Waals surface area (Å²) in [7, 11) is 2.55.